The molecule has 0 spiro atoms. The monoisotopic (exact) mass is 228 g/mol. The van der Waals surface area contributed by atoms with Gasteiger partial charge in [0.1, 0.15) is 0 Å². The van der Waals surface area contributed by atoms with Crippen LogP contribution in [0.25, 0.3) is 0 Å². The molecule has 0 fully saturated rings. The van der Waals surface area contributed by atoms with Crippen LogP contribution < -0.4 is 5.32 Å². The number of hydrogen-bond donors (Lipinski definition) is 1. The first-order chi connectivity index (χ1) is 7.35. The molecular weight excluding hydrogens is 196 g/mol. The minimum Gasteiger partial charge on any atom is -0.315 e. The van der Waals surface area contributed by atoms with Gasteiger partial charge in [0.25, 0.3) is 0 Å². The van der Waals surface area contributed by atoms with E-state index in [0.717, 1.165) is 19.0 Å². The Bertz CT molecular complexity index is 172. The third-order valence-corrected chi connectivity index (χ3v) is 3.55. The van der Waals surface area contributed by atoms with Crippen LogP contribution in [0.15, 0.2) is 0 Å². The van der Waals surface area contributed by atoms with E-state index in [0.29, 0.717) is 11.5 Å². The number of nitrogens with zero attached hydrogens (tertiary/aromatic N) is 1. The van der Waals surface area contributed by atoms with E-state index >= 15 is 0 Å². The van der Waals surface area contributed by atoms with Crippen LogP contribution in [0.4, 0.5) is 0 Å². The maximum Gasteiger partial charge on any atom is 0.0240 e. The second-order valence-electron chi connectivity index (χ2n) is 6.07. The lowest BCUT2D eigenvalue weighted by Gasteiger charge is -2.35. The van der Waals surface area contributed by atoms with Gasteiger partial charge in [0.05, 0.1) is 0 Å². The molecule has 0 saturated heterocycles. The summed E-state index contributed by atoms with van der Waals surface area (Å²) in [6.07, 6.45) is 1.27. The van der Waals surface area contributed by atoms with Gasteiger partial charge in [-0.1, -0.05) is 48.0 Å². The van der Waals surface area contributed by atoms with Gasteiger partial charge in [-0.25, -0.2) is 0 Å². The van der Waals surface area contributed by atoms with Gasteiger partial charge >= 0.3 is 0 Å². The number of rotatable bonds is 7. The predicted octanol–water partition coefficient (Wildman–Crippen LogP) is 2.99. The molecule has 0 rings (SSSR count). The second-order valence-corrected chi connectivity index (χ2v) is 6.07. The van der Waals surface area contributed by atoms with Crippen molar-refractivity contribution in [3.63, 3.8) is 0 Å². The molecule has 0 amide bonds. The van der Waals surface area contributed by atoms with E-state index < -0.39 is 0 Å². The zero-order chi connectivity index (χ0) is 12.8. The van der Waals surface area contributed by atoms with Crippen LogP contribution in [0, 0.1) is 11.3 Å². The summed E-state index contributed by atoms with van der Waals surface area (Å²) in [6.45, 7) is 17.3. The summed E-state index contributed by atoms with van der Waals surface area (Å²) in [4.78, 5) is 2.57. The number of likely N-dealkylation sites (N-methyl/N-ethyl adjacent to an activating group) is 2. The van der Waals surface area contributed by atoms with E-state index in [4.69, 9.17) is 0 Å². The molecule has 0 aromatic carbocycles. The molecule has 2 atom stereocenters. The standard InChI is InChI=1S/C14H32N2/c1-8-12(3)10-16(9-2)11-13(15-7)14(4,5)6/h12-13,15H,8-11H2,1-7H3. The Morgan fingerprint density at radius 2 is 1.69 bits per heavy atom. The van der Waals surface area contributed by atoms with Crippen molar-refractivity contribution in [1.82, 2.24) is 10.2 Å². The maximum atomic E-state index is 3.46. The Balaban J connectivity index is 4.28. The van der Waals surface area contributed by atoms with Crippen LogP contribution in [-0.2, 0) is 0 Å². The predicted molar refractivity (Wildman–Crippen MR) is 73.9 cm³/mol. The summed E-state index contributed by atoms with van der Waals surface area (Å²) < 4.78 is 0. The number of hydrogen-bond acceptors (Lipinski definition) is 2. The van der Waals surface area contributed by atoms with Gasteiger partial charge in [0, 0.05) is 19.1 Å². The highest BCUT2D eigenvalue weighted by molar-refractivity contribution is 4.82. The van der Waals surface area contributed by atoms with Crippen LogP contribution in [0.5, 0.6) is 0 Å². The van der Waals surface area contributed by atoms with Crippen LogP contribution in [0.1, 0.15) is 48.0 Å². The molecule has 1 N–H and O–H groups in total. The summed E-state index contributed by atoms with van der Waals surface area (Å²) in [5.41, 5.74) is 0.331. The quantitative estimate of drug-likeness (QED) is 0.720. The average Bonchev–Trinajstić information content (AvgIpc) is 2.21. The molecule has 0 aliphatic rings. The zero-order valence-corrected chi connectivity index (χ0v) is 12.4. The topological polar surface area (TPSA) is 15.3 Å². The van der Waals surface area contributed by atoms with E-state index in [1.54, 1.807) is 0 Å². The summed E-state index contributed by atoms with van der Waals surface area (Å²) >= 11 is 0. The fourth-order valence-electron chi connectivity index (χ4n) is 1.96. The van der Waals surface area contributed by atoms with Gasteiger partial charge in [-0.3, -0.25) is 0 Å². The molecular formula is C14H32N2. The Hall–Kier alpha value is -0.0800. The van der Waals surface area contributed by atoms with Crippen molar-refractivity contribution >= 4 is 0 Å². The Labute approximate surface area is 103 Å². The van der Waals surface area contributed by atoms with Crippen molar-refractivity contribution in [3.8, 4) is 0 Å². The van der Waals surface area contributed by atoms with Crippen molar-refractivity contribution < 1.29 is 0 Å². The lowest BCUT2D eigenvalue weighted by atomic mass is 9.86. The summed E-state index contributed by atoms with van der Waals surface area (Å²) in [6, 6.07) is 0.566. The molecule has 0 saturated carbocycles. The maximum absolute atomic E-state index is 3.46. The van der Waals surface area contributed by atoms with Crippen molar-refractivity contribution in [2.45, 2.75) is 54.0 Å². The van der Waals surface area contributed by atoms with Crippen molar-refractivity contribution in [2.75, 3.05) is 26.7 Å². The zero-order valence-electron chi connectivity index (χ0n) is 12.4. The minimum absolute atomic E-state index is 0.331. The molecule has 0 heterocycles. The molecule has 2 nitrogen and oxygen atoms in total. The smallest absolute Gasteiger partial charge is 0.0240 e. The van der Waals surface area contributed by atoms with Gasteiger partial charge in [0.15, 0.2) is 0 Å². The molecule has 2 unspecified atom stereocenters. The third-order valence-electron chi connectivity index (χ3n) is 3.55. The third kappa shape index (κ3) is 5.86. The lowest BCUT2D eigenvalue weighted by molar-refractivity contribution is 0.168. The molecule has 16 heavy (non-hydrogen) atoms. The fourth-order valence-corrected chi connectivity index (χ4v) is 1.96. The minimum atomic E-state index is 0.331. The first kappa shape index (κ1) is 15.9. The second kappa shape index (κ2) is 7.29. The van der Waals surface area contributed by atoms with Gasteiger partial charge in [-0.2, -0.15) is 0 Å². The van der Waals surface area contributed by atoms with Gasteiger partial charge in [0.2, 0.25) is 0 Å². The van der Waals surface area contributed by atoms with Gasteiger partial charge < -0.3 is 10.2 Å². The van der Waals surface area contributed by atoms with Gasteiger partial charge in [-0.05, 0) is 24.9 Å². The summed E-state index contributed by atoms with van der Waals surface area (Å²) in [5, 5.41) is 3.46. The van der Waals surface area contributed by atoms with E-state index in [-0.39, 0.29) is 0 Å². The molecule has 2 heteroatoms. The van der Waals surface area contributed by atoms with E-state index in [2.05, 4.69) is 58.8 Å². The normalized spacial score (nSPS) is 16.5. The van der Waals surface area contributed by atoms with Crippen LogP contribution in [0.3, 0.4) is 0 Å². The highest BCUT2D eigenvalue weighted by atomic mass is 15.1. The van der Waals surface area contributed by atoms with Crippen LogP contribution in [0.2, 0.25) is 0 Å². The van der Waals surface area contributed by atoms with Crippen molar-refractivity contribution in [1.29, 1.82) is 0 Å². The van der Waals surface area contributed by atoms with Gasteiger partial charge in [-0.15, -0.1) is 0 Å². The first-order valence-corrected chi connectivity index (χ1v) is 6.74. The molecule has 0 aliphatic heterocycles. The Kier molecular flexibility index (Phi) is 7.25. The van der Waals surface area contributed by atoms with E-state index in [1.807, 2.05) is 0 Å². The largest absolute Gasteiger partial charge is 0.315 e. The number of nitrogens with one attached hydrogen (secondary N) is 1. The summed E-state index contributed by atoms with van der Waals surface area (Å²) in [5.74, 6) is 0.803. The van der Waals surface area contributed by atoms with Crippen molar-refractivity contribution in [3.05, 3.63) is 0 Å². The van der Waals surface area contributed by atoms with Crippen molar-refractivity contribution in [2.24, 2.45) is 11.3 Å². The highest BCUT2D eigenvalue weighted by Gasteiger charge is 2.24. The molecule has 0 aromatic heterocycles. The molecule has 98 valence electrons. The highest BCUT2D eigenvalue weighted by Crippen LogP contribution is 2.20. The summed E-state index contributed by atoms with van der Waals surface area (Å²) in [7, 11) is 2.08. The molecule has 0 aliphatic carbocycles. The molecule has 0 radical (unpaired) electrons. The van der Waals surface area contributed by atoms with Crippen LogP contribution >= 0.6 is 0 Å². The molecule has 0 bridgehead atoms. The van der Waals surface area contributed by atoms with Crippen LogP contribution in [-0.4, -0.2) is 37.6 Å². The average molecular weight is 228 g/mol. The fraction of sp³-hybridized carbons (Fsp3) is 1.00. The SMILES string of the molecule is CCC(C)CN(CC)CC(NC)C(C)(C)C. The van der Waals surface area contributed by atoms with E-state index in [9.17, 15) is 0 Å². The Morgan fingerprint density at radius 1 is 1.12 bits per heavy atom. The Morgan fingerprint density at radius 3 is 2.00 bits per heavy atom. The van der Waals surface area contributed by atoms with E-state index in [1.165, 1.54) is 13.0 Å². The first-order valence-electron chi connectivity index (χ1n) is 6.74. The molecule has 0 aromatic rings. The lowest BCUT2D eigenvalue weighted by Crippen LogP contribution is -2.48.